The van der Waals surface area contributed by atoms with E-state index in [-0.39, 0.29) is 0 Å². The summed E-state index contributed by atoms with van der Waals surface area (Å²) in [4.78, 5) is 2.45. The third-order valence-electron chi connectivity index (χ3n) is 3.23. The number of rotatable bonds is 1. The van der Waals surface area contributed by atoms with Crippen molar-refractivity contribution in [3.8, 4) is 0 Å². The molecule has 0 spiro atoms. The maximum atomic E-state index is 12.8. The van der Waals surface area contributed by atoms with Crippen molar-refractivity contribution in [3.63, 3.8) is 0 Å². The molecule has 1 aliphatic heterocycles. The van der Waals surface area contributed by atoms with Gasteiger partial charge in [-0.25, -0.2) is 0 Å². The Labute approximate surface area is 96.8 Å². The van der Waals surface area contributed by atoms with Gasteiger partial charge in [-0.05, 0) is 48.1 Å². The molecule has 0 aromatic carbocycles. The first-order chi connectivity index (χ1) is 7.10. The average molecular weight is 242 g/mol. The summed E-state index contributed by atoms with van der Waals surface area (Å²) < 4.78 is 12.8. The quantitative estimate of drug-likeness (QED) is 0.591. The van der Waals surface area contributed by atoms with Gasteiger partial charge >= 0.3 is 0 Å². The second kappa shape index (κ2) is 4.51. The molecule has 0 aromatic rings. The van der Waals surface area contributed by atoms with Gasteiger partial charge < -0.3 is 4.57 Å². The second-order valence-electron chi connectivity index (χ2n) is 4.64. The van der Waals surface area contributed by atoms with Crippen LogP contribution >= 0.6 is 18.9 Å². The van der Waals surface area contributed by atoms with Crippen LogP contribution in [0.15, 0.2) is 21.4 Å². The van der Waals surface area contributed by atoms with Crippen LogP contribution in [0.4, 0.5) is 0 Å². The van der Waals surface area contributed by atoms with E-state index in [2.05, 4.69) is 25.5 Å². The third kappa shape index (κ3) is 2.60. The summed E-state index contributed by atoms with van der Waals surface area (Å²) >= 11 is 1.76. The minimum absolute atomic E-state index is 0.442. The fourth-order valence-electron chi connectivity index (χ4n) is 2.61. The molecule has 1 heterocycles. The van der Waals surface area contributed by atoms with E-state index in [1.54, 1.807) is 11.8 Å². The standard InChI is InChI=1S/C12H19OPS/c1-10-8-14(13,9-11(2)15-10)12-6-4-3-5-7-12/h8-9,12H,3-7H2,1-2H3. The Morgan fingerprint density at radius 1 is 1.13 bits per heavy atom. The fraction of sp³-hybridized carbons (Fsp3) is 0.667. The van der Waals surface area contributed by atoms with Crippen molar-refractivity contribution in [3.05, 3.63) is 21.4 Å². The van der Waals surface area contributed by atoms with E-state index < -0.39 is 7.14 Å². The summed E-state index contributed by atoms with van der Waals surface area (Å²) in [5.74, 6) is 4.11. The van der Waals surface area contributed by atoms with Gasteiger partial charge in [-0.15, -0.1) is 0 Å². The number of thioether (sulfide) groups is 1. The molecule has 0 unspecified atom stereocenters. The van der Waals surface area contributed by atoms with Gasteiger partial charge in [0, 0.05) is 5.66 Å². The van der Waals surface area contributed by atoms with Gasteiger partial charge in [0.1, 0.15) is 7.14 Å². The molecular formula is C12H19OPS. The van der Waals surface area contributed by atoms with E-state index in [1.807, 2.05) is 0 Å². The Hall–Kier alpha value is 0.0600. The predicted molar refractivity (Wildman–Crippen MR) is 69.6 cm³/mol. The van der Waals surface area contributed by atoms with Gasteiger partial charge in [-0.1, -0.05) is 31.0 Å². The Balaban J connectivity index is 2.24. The van der Waals surface area contributed by atoms with Gasteiger partial charge in [0.2, 0.25) is 0 Å². The number of hydrogen-bond donors (Lipinski definition) is 0. The predicted octanol–water partition coefficient (Wildman–Crippen LogP) is 5.15. The van der Waals surface area contributed by atoms with Crippen molar-refractivity contribution in [2.75, 3.05) is 0 Å². The molecule has 0 amide bonds. The number of hydrogen-bond acceptors (Lipinski definition) is 2. The molecule has 0 bridgehead atoms. The lowest BCUT2D eigenvalue weighted by Crippen LogP contribution is -2.12. The van der Waals surface area contributed by atoms with E-state index in [9.17, 15) is 4.57 Å². The molecule has 84 valence electrons. The first-order valence-corrected chi connectivity index (χ1v) is 8.49. The molecular weight excluding hydrogens is 223 g/mol. The summed E-state index contributed by atoms with van der Waals surface area (Å²) in [6.45, 7) is 4.16. The average Bonchev–Trinajstić information content (AvgIpc) is 2.17. The Morgan fingerprint density at radius 2 is 1.67 bits per heavy atom. The van der Waals surface area contributed by atoms with E-state index in [0.717, 1.165) is 12.8 Å². The largest absolute Gasteiger partial charge is 0.315 e. The molecule has 0 N–H and O–H groups in total. The van der Waals surface area contributed by atoms with Gasteiger partial charge in [-0.3, -0.25) is 0 Å². The van der Waals surface area contributed by atoms with E-state index in [1.165, 1.54) is 29.1 Å². The number of allylic oxidation sites excluding steroid dienone is 2. The van der Waals surface area contributed by atoms with Crippen molar-refractivity contribution < 1.29 is 4.57 Å². The highest BCUT2D eigenvalue weighted by Gasteiger charge is 2.32. The molecule has 15 heavy (non-hydrogen) atoms. The van der Waals surface area contributed by atoms with Crippen molar-refractivity contribution in [2.24, 2.45) is 0 Å². The highest BCUT2D eigenvalue weighted by atomic mass is 32.2. The van der Waals surface area contributed by atoms with Crippen LogP contribution in [0.3, 0.4) is 0 Å². The van der Waals surface area contributed by atoms with E-state index >= 15 is 0 Å². The molecule has 2 rings (SSSR count). The van der Waals surface area contributed by atoms with Crippen LogP contribution in [0.5, 0.6) is 0 Å². The summed E-state index contributed by atoms with van der Waals surface area (Å²) in [5.41, 5.74) is 0.442. The zero-order chi connectivity index (χ0) is 10.9. The van der Waals surface area contributed by atoms with Crippen LogP contribution in [-0.2, 0) is 4.57 Å². The van der Waals surface area contributed by atoms with Crippen LogP contribution in [-0.4, -0.2) is 5.66 Å². The molecule has 1 fully saturated rings. The second-order valence-corrected chi connectivity index (χ2v) is 8.90. The van der Waals surface area contributed by atoms with Crippen molar-refractivity contribution in [1.29, 1.82) is 0 Å². The van der Waals surface area contributed by atoms with Gasteiger partial charge in [0.15, 0.2) is 0 Å². The van der Waals surface area contributed by atoms with Gasteiger partial charge in [0.25, 0.3) is 0 Å². The summed E-state index contributed by atoms with van der Waals surface area (Å²) in [6.07, 6.45) is 6.19. The molecule has 3 heteroatoms. The van der Waals surface area contributed by atoms with Crippen LogP contribution in [0.1, 0.15) is 46.0 Å². The summed E-state index contributed by atoms with van der Waals surface area (Å²) in [7, 11) is -2.15. The maximum absolute atomic E-state index is 12.8. The molecule has 1 nitrogen and oxygen atoms in total. The molecule has 1 aliphatic carbocycles. The topological polar surface area (TPSA) is 17.1 Å². The van der Waals surface area contributed by atoms with E-state index in [4.69, 9.17) is 0 Å². The lowest BCUT2D eigenvalue weighted by Gasteiger charge is -2.29. The fourth-order valence-corrected chi connectivity index (χ4v) is 7.33. The van der Waals surface area contributed by atoms with E-state index in [0.29, 0.717) is 5.66 Å². The smallest absolute Gasteiger partial charge is 0.133 e. The molecule has 1 saturated carbocycles. The summed E-state index contributed by atoms with van der Waals surface area (Å²) in [5, 5.41) is 0. The molecule has 0 aromatic heterocycles. The zero-order valence-electron chi connectivity index (χ0n) is 9.53. The molecule has 2 aliphatic rings. The lowest BCUT2D eigenvalue weighted by molar-refractivity contribution is 0.489. The minimum Gasteiger partial charge on any atom is -0.315 e. The Kier molecular flexibility index (Phi) is 3.47. The van der Waals surface area contributed by atoms with Crippen LogP contribution < -0.4 is 0 Å². The normalized spacial score (nSPS) is 27.1. The minimum atomic E-state index is -2.15. The highest BCUT2D eigenvalue weighted by Crippen LogP contribution is 2.63. The van der Waals surface area contributed by atoms with Crippen LogP contribution in [0, 0.1) is 0 Å². The Bertz CT molecular complexity index is 329. The summed E-state index contributed by atoms with van der Waals surface area (Å²) in [6, 6.07) is 0. The van der Waals surface area contributed by atoms with Crippen LogP contribution in [0.25, 0.3) is 0 Å². The zero-order valence-corrected chi connectivity index (χ0v) is 11.2. The van der Waals surface area contributed by atoms with Crippen molar-refractivity contribution in [2.45, 2.75) is 51.6 Å². The molecule has 0 radical (unpaired) electrons. The SMILES string of the molecule is CC1=CP(=O)(C2CCCCC2)C=C(C)S1. The van der Waals surface area contributed by atoms with Crippen molar-refractivity contribution >= 4 is 18.9 Å². The van der Waals surface area contributed by atoms with Gasteiger partial charge in [0.05, 0.1) is 0 Å². The lowest BCUT2D eigenvalue weighted by atomic mass is 10.0. The maximum Gasteiger partial charge on any atom is 0.133 e. The Morgan fingerprint density at radius 3 is 2.20 bits per heavy atom. The first-order valence-electron chi connectivity index (χ1n) is 5.76. The van der Waals surface area contributed by atoms with Gasteiger partial charge in [-0.2, -0.15) is 0 Å². The van der Waals surface area contributed by atoms with Crippen molar-refractivity contribution in [1.82, 2.24) is 0 Å². The third-order valence-corrected chi connectivity index (χ3v) is 7.70. The first kappa shape index (κ1) is 11.5. The monoisotopic (exact) mass is 242 g/mol. The highest BCUT2D eigenvalue weighted by molar-refractivity contribution is 8.07. The van der Waals surface area contributed by atoms with Crippen LogP contribution in [0.2, 0.25) is 0 Å². The molecule has 0 atom stereocenters. The molecule has 0 saturated heterocycles.